The van der Waals surface area contributed by atoms with Gasteiger partial charge >= 0.3 is 0 Å². The van der Waals surface area contributed by atoms with Crippen LogP contribution in [0.1, 0.15) is 27.9 Å². The minimum atomic E-state index is -0.251. The minimum absolute atomic E-state index is 0.133. The summed E-state index contributed by atoms with van der Waals surface area (Å²) < 4.78 is 12.8. The van der Waals surface area contributed by atoms with E-state index in [1.54, 1.807) is 12.1 Å². The number of hydrogen-bond acceptors (Lipinski definition) is 2. The van der Waals surface area contributed by atoms with Crippen molar-refractivity contribution in [2.24, 2.45) is 0 Å². The van der Waals surface area contributed by atoms with Gasteiger partial charge in [-0.15, -0.1) is 11.8 Å². The Hall–Kier alpha value is -1.61. The topological polar surface area (TPSA) is 17.1 Å². The van der Waals surface area contributed by atoms with Crippen molar-refractivity contribution in [3.63, 3.8) is 0 Å². The van der Waals surface area contributed by atoms with Gasteiger partial charge in [0.1, 0.15) is 5.82 Å². The maximum Gasteiger partial charge on any atom is 0.173 e. The average Bonchev–Trinajstić information content (AvgIpc) is 2.93. The van der Waals surface area contributed by atoms with Gasteiger partial charge in [-0.25, -0.2) is 4.39 Å². The molecule has 0 spiro atoms. The van der Waals surface area contributed by atoms with E-state index in [1.165, 1.54) is 41.4 Å². The van der Waals surface area contributed by atoms with Crippen molar-refractivity contribution < 1.29 is 9.18 Å². The summed E-state index contributed by atoms with van der Waals surface area (Å²) in [6.07, 6.45) is 3.41. The number of hydrogen-bond donors (Lipinski definition) is 0. The Bertz CT molecular complexity index is 634. The highest BCUT2D eigenvalue weighted by Crippen LogP contribution is 2.24. The SMILES string of the molecule is O=C(CSc1ccc(F)cc1)c1ccc2c(c1)CCC2. The fourth-order valence-electron chi connectivity index (χ4n) is 2.51. The third-order valence-corrected chi connectivity index (χ3v) is 4.62. The predicted molar refractivity (Wildman–Crippen MR) is 79.9 cm³/mol. The molecule has 20 heavy (non-hydrogen) atoms. The summed E-state index contributed by atoms with van der Waals surface area (Å²) in [4.78, 5) is 13.1. The molecule has 0 amide bonds. The number of rotatable bonds is 4. The largest absolute Gasteiger partial charge is 0.293 e. The van der Waals surface area contributed by atoms with Gasteiger partial charge in [0.15, 0.2) is 5.78 Å². The summed E-state index contributed by atoms with van der Waals surface area (Å²) in [5, 5.41) is 0. The Morgan fingerprint density at radius 1 is 1.05 bits per heavy atom. The van der Waals surface area contributed by atoms with Crippen LogP contribution in [0.5, 0.6) is 0 Å². The zero-order chi connectivity index (χ0) is 13.9. The van der Waals surface area contributed by atoms with E-state index in [4.69, 9.17) is 0 Å². The first-order valence-electron chi connectivity index (χ1n) is 6.76. The molecule has 0 unspecified atom stereocenters. The third kappa shape index (κ3) is 2.93. The Labute approximate surface area is 122 Å². The van der Waals surface area contributed by atoms with Crippen molar-refractivity contribution in [1.29, 1.82) is 0 Å². The molecule has 1 aliphatic carbocycles. The van der Waals surface area contributed by atoms with Gasteiger partial charge in [0.25, 0.3) is 0 Å². The van der Waals surface area contributed by atoms with E-state index >= 15 is 0 Å². The standard InChI is InChI=1S/C17H15FOS/c18-15-6-8-16(9-7-15)20-11-17(19)14-5-4-12-2-1-3-13(12)10-14/h4-10H,1-3,11H2. The molecule has 0 fully saturated rings. The van der Waals surface area contributed by atoms with Gasteiger partial charge in [-0.1, -0.05) is 12.1 Å². The summed E-state index contributed by atoms with van der Waals surface area (Å²) in [6, 6.07) is 12.3. The van der Waals surface area contributed by atoms with Crippen LogP contribution in [-0.4, -0.2) is 11.5 Å². The first kappa shape index (κ1) is 13.4. The van der Waals surface area contributed by atoms with Gasteiger partial charge in [-0.05, 0) is 60.7 Å². The van der Waals surface area contributed by atoms with E-state index in [2.05, 4.69) is 6.07 Å². The normalized spacial score (nSPS) is 13.2. The van der Waals surface area contributed by atoms with Crippen LogP contribution in [0.25, 0.3) is 0 Å². The average molecular weight is 286 g/mol. The van der Waals surface area contributed by atoms with Crippen LogP contribution in [0.2, 0.25) is 0 Å². The molecule has 3 rings (SSSR count). The van der Waals surface area contributed by atoms with Gasteiger partial charge < -0.3 is 0 Å². The molecule has 0 atom stereocenters. The molecule has 0 saturated heterocycles. The van der Waals surface area contributed by atoms with Crippen LogP contribution in [0.3, 0.4) is 0 Å². The number of halogens is 1. The smallest absolute Gasteiger partial charge is 0.173 e. The number of aryl methyl sites for hydroxylation is 2. The third-order valence-electron chi connectivity index (χ3n) is 3.60. The molecule has 2 aromatic carbocycles. The van der Waals surface area contributed by atoms with E-state index in [1.807, 2.05) is 12.1 Å². The summed E-state index contributed by atoms with van der Waals surface area (Å²) in [5.74, 6) is 0.276. The number of benzene rings is 2. The first-order valence-corrected chi connectivity index (χ1v) is 7.74. The van der Waals surface area contributed by atoms with Crippen molar-refractivity contribution in [3.8, 4) is 0 Å². The minimum Gasteiger partial charge on any atom is -0.293 e. The van der Waals surface area contributed by atoms with Gasteiger partial charge in [0.05, 0.1) is 5.75 Å². The maximum atomic E-state index is 12.8. The maximum absolute atomic E-state index is 12.8. The van der Waals surface area contributed by atoms with Crippen LogP contribution in [-0.2, 0) is 12.8 Å². The molecule has 1 aliphatic rings. The highest BCUT2D eigenvalue weighted by atomic mass is 32.2. The number of carbonyl (C=O) groups is 1. The van der Waals surface area contributed by atoms with Crippen LogP contribution in [0.15, 0.2) is 47.4 Å². The fourth-order valence-corrected chi connectivity index (χ4v) is 3.30. The van der Waals surface area contributed by atoms with E-state index in [0.717, 1.165) is 23.3 Å². The molecule has 0 aromatic heterocycles. The number of Topliss-reactive ketones (excluding diaryl/α,β-unsaturated/α-hetero) is 1. The lowest BCUT2D eigenvalue weighted by Gasteiger charge is -2.05. The van der Waals surface area contributed by atoms with Gasteiger partial charge in [-0.2, -0.15) is 0 Å². The lowest BCUT2D eigenvalue weighted by Crippen LogP contribution is -2.03. The molecule has 0 heterocycles. The Kier molecular flexibility index (Phi) is 3.88. The van der Waals surface area contributed by atoms with E-state index in [0.29, 0.717) is 5.75 Å². The Morgan fingerprint density at radius 3 is 2.60 bits per heavy atom. The van der Waals surface area contributed by atoms with Crippen LogP contribution in [0.4, 0.5) is 4.39 Å². The van der Waals surface area contributed by atoms with Crippen molar-refractivity contribution in [2.75, 3.05) is 5.75 Å². The first-order chi connectivity index (χ1) is 9.72. The number of carbonyl (C=O) groups excluding carboxylic acids is 1. The summed E-state index contributed by atoms with van der Waals surface area (Å²) in [7, 11) is 0. The molecular formula is C17H15FOS. The quantitative estimate of drug-likeness (QED) is 0.616. The van der Waals surface area contributed by atoms with Crippen molar-refractivity contribution in [1.82, 2.24) is 0 Å². The zero-order valence-corrected chi connectivity index (χ0v) is 11.9. The Morgan fingerprint density at radius 2 is 1.80 bits per heavy atom. The van der Waals surface area contributed by atoms with Crippen LogP contribution >= 0.6 is 11.8 Å². The lowest BCUT2D eigenvalue weighted by atomic mass is 10.0. The highest BCUT2D eigenvalue weighted by Gasteiger charge is 2.14. The van der Waals surface area contributed by atoms with Gasteiger partial charge in [0.2, 0.25) is 0 Å². The molecule has 102 valence electrons. The molecule has 3 heteroatoms. The van der Waals surface area contributed by atoms with Crippen LogP contribution < -0.4 is 0 Å². The second kappa shape index (κ2) is 5.80. The fraction of sp³-hybridized carbons (Fsp3) is 0.235. The van der Waals surface area contributed by atoms with Crippen molar-refractivity contribution in [3.05, 3.63) is 65.0 Å². The van der Waals surface area contributed by atoms with E-state index in [9.17, 15) is 9.18 Å². The van der Waals surface area contributed by atoms with Crippen molar-refractivity contribution >= 4 is 17.5 Å². The van der Waals surface area contributed by atoms with Crippen LogP contribution in [0, 0.1) is 5.82 Å². The molecular weight excluding hydrogens is 271 g/mol. The number of ketones is 1. The van der Waals surface area contributed by atoms with E-state index in [-0.39, 0.29) is 11.6 Å². The second-order valence-electron chi connectivity index (χ2n) is 5.00. The predicted octanol–water partition coefficient (Wildman–Crippen LogP) is 4.29. The molecule has 0 N–H and O–H groups in total. The molecule has 0 bridgehead atoms. The molecule has 0 saturated carbocycles. The van der Waals surface area contributed by atoms with Gasteiger partial charge in [-0.3, -0.25) is 4.79 Å². The second-order valence-corrected chi connectivity index (χ2v) is 6.05. The molecule has 0 aliphatic heterocycles. The zero-order valence-electron chi connectivity index (χ0n) is 11.1. The Balaban J connectivity index is 1.66. The molecule has 1 nitrogen and oxygen atoms in total. The molecule has 0 radical (unpaired) electrons. The summed E-state index contributed by atoms with van der Waals surface area (Å²) in [5.41, 5.74) is 3.50. The summed E-state index contributed by atoms with van der Waals surface area (Å²) >= 11 is 1.45. The van der Waals surface area contributed by atoms with Crippen molar-refractivity contribution in [2.45, 2.75) is 24.2 Å². The van der Waals surface area contributed by atoms with E-state index < -0.39 is 0 Å². The van der Waals surface area contributed by atoms with Gasteiger partial charge in [0, 0.05) is 10.5 Å². The lowest BCUT2D eigenvalue weighted by molar-refractivity contribution is 0.102. The number of thioether (sulfide) groups is 1. The monoisotopic (exact) mass is 286 g/mol. The number of fused-ring (bicyclic) bond motifs is 1. The highest BCUT2D eigenvalue weighted by molar-refractivity contribution is 8.00. The summed E-state index contributed by atoms with van der Waals surface area (Å²) in [6.45, 7) is 0. The molecule has 2 aromatic rings.